The van der Waals surface area contributed by atoms with Crippen LogP contribution in [0, 0.1) is 19.3 Å². The van der Waals surface area contributed by atoms with Gasteiger partial charge in [-0.25, -0.2) is 0 Å². The van der Waals surface area contributed by atoms with Crippen molar-refractivity contribution in [1.82, 2.24) is 0 Å². The SMILES string of the molecule is Cc1ccc(CC(N)C(C)(C)C)cc1C. The van der Waals surface area contributed by atoms with E-state index in [2.05, 4.69) is 52.8 Å². The maximum Gasteiger partial charge on any atom is 0.0128 e. The molecule has 0 aliphatic rings. The Hall–Kier alpha value is -0.820. The summed E-state index contributed by atoms with van der Waals surface area (Å²) in [6, 6.07) is 6.84. The highest BCUT2D eigenvalue weighted by Crippen LogP contribution is 2.21. The first kappa shape index (κ1) is 12.3. The molecule has 84 valence electrons. The van der Waals surface area contributed by atoms with Crippen molar-refractivity contribution in [2.75, 3.05) is 0 Å². The molecular formula is C14H23N. The largest absolute Gasteiger partial charge is 0.327 e. The zero-order valence-corrected chi connectivity index (χ0v) is 10.6. The minimum atomic E-state index is 0.179. The third-order valence-corrected chi connectivity index (χ3v) is 3.14. The van der Waals surface area contributed by atoms with Crippen LogP contribution in [0.3, 0.4) is 0 Å². The molecular weight excluding hydrogens is 182 g/mol. The monoisotopic (exact) mass is 205 g/mol. The molecule has 1 nitrogen and oxygen atoms in total. The molecule has 0 radical (unpaired) electrons. The van der Waals surface area contributed by atoms with Gasteiger partial charge in [0.25, 0.3) is 0 Å². The number of hydrogen-bond acceptors (Lipinski definition) is 1. The van der Waals surface area contributed by atoms with E-state index in [1.807, 2.05) is 0 Å². The first-order valence-corrected chi connectivity index (χ1v) is 5.62. The van der Waals surface area contributed by atoms with Gasteiger partial charge < -0.3 is 5.73 Å². The highest BCUT2D eigenvalue weighted by atomic mass is 14.7. The van der Waals surface area contributed by atoms with Gasteiger partial charge in [0.05, 0.1) is 0 Å². The number of hydrogen-bond donors (Lipinski definition) is 1. The molecule has 0 aromatic heterocycles. The third-order valence-electron chi connectivity index (χ3n) is 3.14. The molecule has 0 spiro atoms. The molecule has 0 heterocycles. The normalized spacial score (nSPS) is 14.0. The predicted molar refractivity (Wildman–Crippen MR) is 67.1 cm³/mol. The van der Waals surface area contributed by atoms with Crippen LogP contribution in [-0.2, 0) is 6.42 Å². The number of rotatable bonds is 2. The molecule has 0 aliphatic carbocycles. The third kappa shape index (κ3) is 3.35. The van der Waals surface area contributed by atoms with E-state index in [-0.39, 0.29) is 11.5 Å². The van der Waals surface area contributed by atoms with E-state index in [9.17, 15) is 0 Å². The summed E-state index contributed by atoms with van der Waals surface area (Å²) in [5.74, 6) is 0. The zero-order chi connectivity index (χ0) is 11.6. The Balaban J connectivity index is 2.78. The number of nitrogens with two attached hydrogens (primary N) is 1. The summed E-state index contributed by atoms with van der Waals surface area (Å²) in [6.07, 6.45) is 0.963. The first-order valence-electron chi connectivity index (χ1n) is 5.62. The molecule has 0 fully saturated rings. The fourth-order valence-electron chi connectivity index (χ4n) is 1.49. The van der Waals surface area contributed by atoms with E-state index in [0.717, 1.165) is 6.42 Å². The van der Waals surface area contributed by atoms with Crippen molar-refractivity contribution in [3.8, 4) is 0 Å². The van der Waals surface area contributed by atoms with Gasteiger partial charge >= 0.3 is 0 Å². The Morgan fingerprint density at radius 3 is 2.20 bits per heavy atom. The summed E-state index contributed by atoms with van der Waals surface area (Å²) in [5, 5.41) is 0. The molecule has 1 rings (SSSR count). The van der Waals surface area contributed by atoms with Gasteiger partial charge in [-0.05, 0) is 42.4 Å². The second-order valence-electron chi connectivity index (χ2n) is 5.60. The lowest BCUT2D eigenvalue weighted by Gasteiger charge is -2.27. The fraction of sp³-hybridized carbons (Fsp3) is 0.571. The minimum absolute atomic E-state index is 0.179. The smallest absolute Gasteiger partial charge is 0.0128 e. The molecule has 0 amide bonds. The Morgan fingerprint density at radius 1 is 1.13 bits per heavy atom. The van der Waals surface area contributed by atoms with Gasteiger partial charge in [0, 0.05) is 6.04 Å². The van der Waals surface area contributed by atoms with Crippen LogP contribution in [0.2, 0.25) is 0 Å². The summed E-state index contributed by atoms with van der Waals surface area (Å²) in [7, 11) is 0. The summed E-state index contributed by atoms with van der Waals surface area (Å²) in [6.45, 7) is 10.9. The van der Waals surface area contributed by atoms with Crippen LogP contribution in [-0.4, -0.2) is 6.04 Å². The maximum absolute atomic E-state index is 6.17. The van der Waals surface area contributed by atoms with Gasteiger partial charge in [-0.15, -0.1) is 0 Å². The van der Waals surface area contributed by atoms with Crippen molar-refractivity contribution in [3.63, 3.8) is 0 Å². The lowest BCUT2D eigenvalue weighted by atomic mass is 9.83. The summed E-state index contributed by atoms with van der Waals surface area (Å²) >= 11 is 0. The quantitative estimate of drug-likeness (QED) is 0.788. The van der Waals surface area contributed by atoms with Crippen molar-refractivity contribution >= 4 is 0 Å². The molecule has 1 aromatic rings. The van der Waals surface area contributed by atoms with E-state index in [0.29, 0.717) is 0 Å². The van der Waals surface area contributed by atoms with E-state index in [1.54, 1.807) is 0 Å². The maximum atomic E-state index is 6.17. The Labute approximate surface area is 93.7 Å². The van der Waals surface area contributed by atoms with Crippen LogP contribution < -0.4 is 5.73 Å². The van der Waals surface area contributed by atoms with Gasteiger partial charge in [0.15, 0.2) is 0 Å². The van der Waals surface area contributed by atoms with Crippen LogP contribution in [0.4, 0.5) is 0 Å². The molecule has 1 aromatic carbocycles. The lowest BCUT2D eigenvalue weighted by molar-refractivity contribution is 0.318. The summed E-state index contributed by atoms with van der Waals surface area (Å²) in [4.78, 5) is 0. The second-order valence-corrected chi connectivity index (χ2v) is 5.60. The van der Waals surface area contributed by atoms with Crippen molar-refractivity contribution in [2.24, 2.45) is 11.1 Å². The first-order chi connectivity index (χ1) is 6.80. The highest BCUT2D eigenvalue weighted by Gasteiger charge is 2.20. The van der Waals surface area contributed by atoms with E-state index in [1.165, 1.54) is 16.7 Å². The van der Waals surface area contributed by atoms with Crippen molar-refractivity contribution in [1.29, 1.82) is 0 Å². The average molecular weight is 205 g/mol. The van der Waals surface area contributed by atoms with Gasteiger partial charge in [0.2, 0.25) is 0 Å². The Morgan fingerprint density at radius 2 is 1.73 bits per heavy atom. The molecule has 15 heavy (non-hydrogen) atoms. The standard InChI is InChI=1S/C14H23N/c1-10-6-7-12(8-11(10)2)9-13(15)14(3,4)5/h6-8,13H,9,15H2,1-5H3. The van der Waals surface area contributed by atoms with Crippen LogP contribution in [0.15, 0.2) is 18.2 Å². The predicted octanol–water partition coefficient (Wildman–Crippen LogP) is 3.22. The van der Waals surface area contributed by atoms with Crippen molar-refractivity contribution in [2.45, 2.75) is 47.1 Å². The van der Waals surface area contributed by atoms with Gasteiger partial charge in [0.1, 0.15) is 0 Å². The molecule has 0 saturated heterocycles. The highest BCUT2D eigenvalue weighted by molar-refractivity contribution is 5.30. The van der Waals surface area contributed by atoms with Gasteiger partial charge in [-0.1, -0.05) is 39.0 Å². The second kappa shape index (κ2) is 4.36. The summed E-state index contributed by atoms with van der Waals surface area (Å²) < 4.78 is 0. The topological polar surface area (TPSA) is 26.0 Å². The van der Waals surface area contributed by atoms with Crippen LogP contribution in [0.5, 0.6) is 0 Å². The van der Waals surface area contributed by atoms with E-state index >= 15 is 0 Å². The Kier molecular flexibility index (Phi) is 3.56. The van der Waals surface area contributed by atoms with Crippen LogP contribution in [0.1, 0.15) is 37.5 Å². The molecule has 1 unspecified atom stereocenters. The molecule has 0 bridgehead atoms. The van der Waals surface area contributed by atoms with Gasteiger partial charge in [-0.3, -0.25) is 0 Å². The van der Waals surface area contributed by atoms with Crippen LogP contribution in [0.25, 0.3) is 0 Å². The zero-order valence-electron chi connectivity index (χ0n) is 10.6. The number of aryl methyl sites for hydroxylation is 2. The van der Waals surface area contributed by atoms with Gasteiger partial charge in [-0.2, -0.15) is 0 Å². The van der Waals surface area contributed by atoms with Crippen LogP contribution >= 0.6 is 0 Å². The van der Waals surface area contributed by atoms with E-state index < -0.39 is 0 Å². The molecule has 1 atom stereocenters. The number of benzene rings is 1. The molecule has 2 N–H and O–H groups in total. The van der Waals surface area contributed by atoms with Crippen molar-refractivity contribution < 1.29 is 0 Å². The average Bonchev–Trinajstić information content (AvgIpc) is 2.10. The summed E-state index contributed by atoms with van der Waals surface area (Å²) in [5.41, 5.74) is 10.4. The molecule has 0 aliphatic heterocycles. The minimum Gasteiger partial charge on any atom is -0.327 e. The molecule has 0 saturated carbocycles. The molecule has 1 heteroatoms. The van der Waals surface area contributed by atoms with Crippen molar-refractivity contribution in [3.05, 3.63) is 34.9 Å². The fourth-order valence-corrected chi connectivity index (χ4v) is 1.49. The lowest BCUT2D eigenvalue weighted by Crippen LogP contribution is -2.36. The van der Waals surface area contributed by atoms with E-state index in [4.69, 9.17) is 5.73 Å². The Bertz CT molecular complexity index is 334.